The van der Waals surface area contributed by atoms with E-state index in [2.05, 4.69) is 131 Å². The molecule has 4 aromatic rings. The van der Waals surface area contributed by atoms with Gasteiger partial charge in [0.1, 0.15) is 0 Å². The van der Waals surface area contributed by atoms with Crippen molar-refractivity contribution in [3.63, 3.8) is 0 Å². The number of piperazine rings is 2. The zero-order chi connectivity index (χ0) is 47.0. The Bertz CT molecular complexity index is 2270. The van der Waals surface area contributed by atoms with Gasteiger partial charge in [0.2, 0.25) is 17.7 Å². The molecule has 11 rings (SSSR count). The topological polar surface area (TPSA) is 116 Å². The van der Waals surface area contributed by atoms with Crippen molar-refractivity contribution in [2.75, 3.05) is 99.2 Å². The van der Waals surface area contributed by atoms with E-state index in [0.717, 1.165) is 96.2 Å². The van der Waals surface area contributed by atoms with Gasteiger partial charge in [-0.25, -0.2) is 0 Å². The first-order valence-corrected chi connectivity index (χ1v) is 25.7. The summed E-state index contributed by atoms with van der Waals surface area (Å²) in [5.41, 5.74) is 8.01. The maximum absolute atomic E-state index is 12.3. The van der Waals surface area contributed by atoms with Crippen molar-refractivity contribution in [3.05, 3.63) is 126 Å². The zero-order valence-electron chi connectivity index (χ0n) is 42.4. The Morgan fingerprint density at radius 3 is 1.29 bits per heavy atom. The van der Waals surface area contributed by atoms with Crippen LogP contribution in [0.2, 0.25) is 0 Å². The number of benzene rings is 3. The summed E-state index contributed by atoms with van der Waals surface area (Å²) in [6.07, 6.45) is 11.0. The minimum absolute atomic E-state index is 0. The van der Waals surface area contributed by atoms with Gasteiger partial charge in [-0.1, -0.05) is 114 Å². The monoisotopic (exact) mass is 1110 g/mol. The van der Waals surface area contributed by atoms with Gasteiger partial charge in [-0.3, -0.25) is 19.4 Å². The quantitative estimate of drug-likeness (QED) is 0.114. The van der Waals surface area contributed by atoms with Crippen LogP contribution in [0.3, 0.4) is 0 Å². The summed E-state index contributed by atoms with van der Waals surface area (Å²) in [5, 5.41) is 10.3. The van der Waals surface area contributed by atoms with Crippen molar-refractivity contribution < 1.29 is 14.4 Å². The molecule has 3 aliphatic heterocycles. The standard InChI is InChI=1S/C21H26N4O.C19H27N3O.C16H22N2O.3CH4.4ClH/c1-24-9-11-25(12-10-24)21(26)15-23-20-13-19(20)17-6-4-16(5-7-17)18-3-2-8-22-14-18;1-21-8-10-22(11-9-21)19(23)13-20-18-12-17(18)16-6-4-15(5-7-16)14-2-3-14;1-12-7-8-18(11-12)16(19)10-17-15-9-14(15)13-5-3-2-4-6-13;;;;;;;/h2-8,14,19-20,23H,9-13,15H2,1H3;4-7,14,17-18,20H,2-3,8-13H2,1H3;2-6,12,14-15,17H,7-11H2,1H3;3*1H4;4*1H/t19?,20-;17?,18-;12-,14?,15-;;;;;;;/m000......./s1. The molecule has 12 nitrogen and oxygen atoms in total. The van der Waals surface area contributed by atoms with Crippen LogP contribution in [-0.2, 0) is 14.4 Å². The Morgan fingerprint density at radius 1 is 0.480 bits per heavy atom. The third-order valence-corrected chi connectivity index (χ3v) is 15.4. The molecule has 75 heavy (non-hydrogen) atoms. The fourth-order valence-electron chi connectivity index (χ4n) is 10.2. The third-order valence-electron chi connectivity index (χ3n) is 15.4. The summed E-state index contributed by atoms with van der Waals surface area (Å²) in [6, 6.07) is 33.9. The smallest absolute Gasteiger partial charge is 0.236 e. The summed E-state index contributed by atoms with van der Waals surface area (Å²) in [7, 11) is 4.22. The van der Waals surface area contributed by atoms with E-state index in [4.69, 9.17) is 0 Å². The number of nitrogens with one attached hydrogen (secondary N) is 3. The van der Waals surface area contributed by atoms with Crippen LogP contribution in [0.15, 0.2) is 103 Å². The molecule has 0 spiro atoms. The molecule has 3 amide bonds. The highest BCUT2D eigenvalue weighted by molar-refractivity contribution is 5.86. The fourth-order valence-corrected chi connectivity index (χ4v) is 10.2. The normalized spacial score (nSPS) is 24.0. The van der Waals surface area contributed by atoms with Gasteiger partial charge >= 0.3 is 0 Å². The predicted octanol–water partition coefficient (Wildman–Crippen LogP) is 9.35. The predicted molar refractivity (Wildman–Crippen MR) is 320 cm³/mol. The van der Waals surface area contributed by atoms with E-state index in [-0.39, 0.29) is 89.6 Å². The molecule has 3 aromatic carbocycles. The van der Waals surface area contributed by atoms with Gasteiger partial charge in [0, 0.05) is 114 Å². The molecule has 7 aliphatic rings. The van der Waals surface area contributed by atoms with Gasteiger partial charge in [-0.05, 0) is 104 Å². The summed E-state index contributed by atoms with van der Waals surface area (Å²) in [6.45, 7) is 12.9. The lowest BCUT2D eigenvalue weighted by atomic mass is 10.0. The third kappa shape index (κ3) is 19.5. The van der Waals surface area contributed by atoms with Crippen LogP contribution in [-0.4, -0.2) is 165 Å². The first kappa shape index (κ1) is 67.3. The number of likely N-dealkylation sites (tertiary alicyclic amines) is 1. The molecule has 1 aromatic heterocycles. The molecule has 4 heterocycles. The van der Waals surface area contributed by atoms with Crippen molar-refractivity contribution in [2.45, 2.75) is 110 Å². The molecule has 418 valence electrons. The van der Waals surface area contributed by atoms with Crippen molar-refractivity contribution >= 4 is 67.3 Å². The van der Waals surface area contributed by atoms with Crippen LogP contribution < -0.4 is 16.0 Å². The number of hydrogen-bond acceptors (Lipinski definition) is 9. The Labute approximate surface area is 475 Å². The van der Waals surface area contributed by atoms with Gasteiger partial charge in [0.05, 0.1) is 19.6 Å². The SMILES string of the molecule is C.C.C.CN1CCN(C(=O)CN[C@H]2CC2c2ccc(-c3cccnc3)cc2)CC1.CN1CCN(C(=O)CN[C@H]2CC2c2ccc(C3CC3)cc2)CC1.C[C@H]1CCN(C(=O)CN[C@H]2CC2c2ccccc2)C1.Cl.Cl.Cl.Cl. The number of amides is 3. The first-order valence-electron chi connectivity index (χ1n) is 25.7. The van der Waals surface area contributed by atoms with Gasteiger partial charge in [-0.2, -0.15) is 0 Å². The second-order valence-corrected chi connectivity index (χ2v) is 20.8. The number of carbonyl (C=O) groups is 3. The molecule has 3 unspecified atom stereocenters. The highest BCUT2D eigenvalue weighted by atomic mass is 35.5. The molecule has 7 fully saturated rings. The van der Waals surface area contributed by atoms with Crippen LogP contribution in [0.25, 0.3) is 11.1 Å². The van der Waals surface area contributed by atoms with Crippen molar-refractivity contribution in [1.82, 2.24) is 45.4 Å². The molecule has 0 bridgehead atoms. The van der Waals surface area contributed by atoms with Crippen molar-refractivity contribution in [2.24, 2.45) is 5.92 Å². The van der Waals surface area contributed by atoms with E-state index in [0.29, 0.717) is 61.4 Å². The lowest BCUT2D eigenvalue weighted by Gasteiger charge is -2.32. The maximum atomic E-state index is 12.3. The molecule has 4 saturated carbocycles. The highest BCUT2D eigenvalue weighted by Gasteiger charge is 2.40. The average molecular weight is 1120 g/mol. The van der Waals surface area contributed by atoms with Gasteiger partial charge in [-0.15, -0.1) is 49.6 Å². The minimum Gasteiger partial charge on any atom is -0.341 e. The number of hydrogen-bond donors (Lipinski definition) is 3. The van der Waals surface area contributed by atoms with Crippen molar-refractivity contribution in [1.29, 1.82) is 0 Å². The lowest BCUT2D eigenvalue weighted by molar-refractivity contribution is -0.132. The maximum Gasteiger partial charge on any atom is 0.236 e. The summed E-state index contributed by atoms with van der Waals surface area (Å²) >= 11 is 0. The molecular weight excluding hydrogens is 1020 g/mol. The number of nitrogens with zero attached hydrogens (tertiary/aromatic N) is 6. The molecule has 7 atom stereocenters. The van der Waals surface area contributed by atoms with Gasteiger partial charge in [0.15, 0.2) is 0 Å². The number of rotatable bonds is 14. The number of carbonyl (C=O) groups excluding carboxylic acids is 3. The molecule has 16 heteroatoms. The second-order valence-electron chi connectivity index (χ2n) is 20.8. The lowest BCUT2D eigenvalue weighted by Crippen LogP contribution is -2.49. The van der Waals surface area contributed by atoms with Gasteiger partial charge in [0.25, 0.3) is 0 Å². The molecular formula is C59H91Cl4N9O3. The largest absolute Gasteiger partial charge is 0.341 e. The number of pyridine rings is 1. The van der Waals surface area contributed by atoms with E-state index in [1.807, 2.05) is 33.0 Å². The number of aromatic nitrogens is 1. The zero-order valence-corrected chi connectivity index (χ0v) is 45.7. The molecule has 4 aliphatic carbocycles. The Hall–Kier alpha value is -3.82. The second kappa shape index (κ2) is 32.2. The average Bonchev–Trinajstić information content (AvgIpc) is 4.18. The van der Waals surface area contributed by atoms with Crippen molar-refractivity contribution in [3.8, 4) is 11.1 Å². The Balaban J connectivity index is 0.000000372. The number of likely N-dealkylation sites (N-methyl/N-ethyl adjacent to an activating group) is 2. The highest BCUT2D eigenvalue weighted by Crippen LogP contribution is 2.44. The minimum atomic E-state index is 0. The van der Waals surface area contributed by atoms with Crippen LogP contribution in [0.5, 0.6) is 0 Å². The Kier molecular flexibility index (Phi) is 28.9. The van der Waals surface area contributed by atoms with E-state index in [1.54, 1.807) is 6.20 Å². The van der Waals surface area contributed by atoms with Gasteiger partial charge < -0.3 is 40.4 Å². The van der Waals surface area contributed by atoms with E-state index in [1.165, 1.54) is 47.1 Å². The summed E-state index contributed by atoms with van der Waals surface area (Å²) in [4.78, 5) is 51.3. The Morgan fingerprint density at radius 2 is 0.893 bits per heavy atom. The molecule has 0 radical (unpaired) electrons. The van der Waals surface area contributed by atoms with E-state index >= 15 is 0 Å². The fraction of sp³-hybridized carbons (Fsp3) is 0.559. The van der Waals surface area contributed by atoms with Crippen LogP contribution >= 0.6 is 49.6 Å². The molecule has 3 N–H and O–H groups in total. The summed E-state index contributed by atoms with van der Waals surface area (Å²) < 4.78 is 0. The van der Waals surface area contributed by atoms with E-state index in [9.17, 15) is 14.4 Å². The van der Waals surface area contributed by atoms with E-state index < -0.39 is 0 Å². The van der Waals surface area contributed by atoms with Crippen LogP contribution in [0.1, 0.15) is 114 Å². The number of halogens is 4. The van der Waals surface area contributed by atoms with Crippen LogP contribution in [0.4, 0.5) is 0 Å². The van der Waals surface area contributed by atoms with Crippen LogP contribution in [0, 0.1) is 5.92 Å². The molecule has 3 saturated heterocycles. The summed E-state index contributed by atoms with van der Waals surface area (Å²) in [5.74, 6) is 3.99. The first-order chi connectivity index (χ1) is 33.1.